The van der Waals surface area contributed by atoms with E-state index in [0.29, 0.717) is 11.3 Å². The molecule has 74 valence electrons. The van der Waals surface area contributed by atoms with Gasteiger partial charge in [-0.25, -0.2) is 4.39 Å². The number of aromatic nitrogens is 1. The van der Waals surface area contributed by atoms with Gasteiger partial charge in [0.05, 0.1) is 5.38 Å². The largest absolute Gasteiger partial charge is 0.356 e. The summed E-state index contributed by atoms with van der Waals surface area (Å²) in [6.45, 7) is 1.96. The van der Waals surface area contributed by atoms with Gasteiger partial charge in [-0.1, -0.05) is 12.1 Å². The number of rotatable bonds is 2. The average molecular weight is 214 g/mol. The van der Waals surface area contributed by atoms with E-state index in [2.05, 4.69) is 5.16 Å². The Morgan fingerprint density at radius 3 is 3.07 bits per heavy atom. The summed E-state index contributed by atoms with van der Waals surface area (Å²) in [5.41, 5.74) is 1.13. The summed E-state index contributed by atoms with van der Waals surface area (Å²) in [5.74, 6) is -0.331. The Balaban J connectivity index is 2.58. The van der Waals surface area contributed by atoms with Gasteiger partial charge in [0.2, 0.25) is 0 Å². The monoisotopic (exact) mass is 213 g/mol. The summed E-state index contributed by atoms with van der Waals surface area (Å²) in [6.07, 6.45) is 0.764. The predicted molar refractivity (Wildman–Crippen MR) is 52.9 cm³/mol. The van der Waals surface area contributed by atoms with E-state index in [1.165, 1.54) is 12.1 Å². The lowest BCUT2D eigenvalue weighted by atomic mass is 10.1. The zero-order chi connectivity index (χ0) is 10.1. The zero-order valence-corrected chi connectivity index (χ0v) is 8.38. The highest BCUT2D eigenvalue weighted by atomic mass is 35.5. The molecule has 0 N–H and O–H groups in total. The molecule has 1 unspecified atom stereocenters. The molecule has 0 fully saturated rings. The van der Waals surface area contributed by atoms with Crippen LogP contribution in [-0.2, 0) is 0 Å². The molecule has 2 rings (SSSR count). The van der Waals surface area contributed by atoms with E-state index in [1.807, 2.05) is 6.92 Å². The molecule has 0 aliphatic carbocycles. The maximum atomic E-state index is 12.8. The van der Waals surface area contributed by atoms with Crippen LogP contribution in [0, 0.1) is 5.82 Å². The molecule has 0 amide bonds. The molecule has 0 saturated carbocycles. The second-order valence-electron chi connectivity index (χ2n) is 3.08. The Kier molecular flexibility index (Phi) is 2.42. The number of benzene rings is 1. The van der Waals surface area contributed by atoms with Crippen molar-refractivity contribution in [2.45, 2.75) is 18.7 Å². The molecule has 2 nitrogen and oxygen atoms in total. The Morgan fingerprint density at radius 1 is 1.57 bits per heavy atom. The highest BCUT2D eigenvalue weighted by Crippen LogP contribution is 2.29. The number of alkyl halides is 1. The molecule has 0 radical (unpaired) electrons. The summed E-state index contributed by atoms with van der Waals surface area (Å²) < 4.78 is 17.8. The zero-order valence-electron chi connectivity index (χ0n) is 7.63. The highest BCUT2D eigenvalue weighted by Gasteiger charge is 2.15. The smallest absolute Gasteiger partial charge is 0.170 e. The standard InChI is InChI=1S/C10H9ClFNO/c1-2-8(11)10-7-4-3-6(12)5-9(7)14-13-10/h3-5,8H,2H2,1H3. The fraction of sp³-hybridized carbons (Fsp3) is 0.300. The van der Waals surface area contributed by atoms with Crippen molar-refractivity contribution in [2.24, 2.45) is 0 Å². The number of halogens is 2. The molecule has 4 heteroatoms. The third kappa shape index (κ3) is 1.48. The first-order chi connectivity index (χ1) is 6.72. The quantitative estimate of drug-likeness (QED) is 0.712. The van der Waals surface area contributed by atoms with Crippen molar-refractivity contribution in [3.8, 4) is 0 Å². The topological polar surface area (TPSA) is 26.0 Å². The number of fused-ring (bicyclic) bond motifs is 1. The van der Waals surface area contributed by atoms with Crippen LogP contribution in [0.2, 0.25) is 0 Å². The average Bonchev–Trinajstić information content (AvgIpc) is 2.59. The van der Waals surface area contributed by atoms with E-state index in [4.69, 9.17) is 16.1 Å². The van der Waals surface area contributed by atoms with E-state index in [9.17, 15) is 4.39 Å². The Bertz CT molecular complexity index is 454. The molecule has 0 bridgehead atoms. The molecular weight excluding hydrogens is 205 g/mol. The van der Waals surface area contributed by atoms with Crippen molar-refractivity contribution in [2.75, 3.05) is 0 Å². The van der Waals surface area contributed by atoms with Crippen LogP contribution in [0.25, 0.3) is 11.0 Å². The molecule has 0 aliphatic heterocycles. The maximum Gasteiger partial charge on any atom is 0.170 e. The van der Waals surface area contributed by atoms with Gasteiger partial charge in [-0.3, -0.25) is 0 Å². The molecule has 1 heterocycles. The molecule has 1 atom stereocenters. The van der Waals surface area contributed by atoms with Gasteiger partial charge in [-0.15, -0.1) is 11.6 Å². The molecule has 0 spiro atoms. The molecule has 2 aromatic rings. The van der Waals surface area contributed by atoms with Crippen molar-refractivity contribution >= 4 is 22.6 Å². The summed E-state index contributed by atoms with van der Waals surface area (Å²) in [6, 6.07) is 4.33. The minimum absolute atomic E-state index is 0.179. The van der Waals surface area contributed by atoms with E-state index in [1.54, 1.807) is 6.07 Å². The van der Waals surface area contributed by atoms with Gasteiger partial charge in [0, 0.05) is 11.5 Å². The van der Waals surface area contributed by atoms with Crippen LogP contribution >= 0.6 is 11.6 Å². The van der Waals surface area contributed by atoms with Crippen LogP contribution in [-0.4, -0.2) is 5.16 Å². The Morgan fingerprint density at radius 2 is 2.36 bits per heavy atom. The van der Waals surface area contributed by atoms with Crippen LogP contribution in [0.4, 0.5) is 4.39 Å². The Hall–Kier alpha value is -1.09. The van der Waals surface area contributed by atoms with Crippen LogP contribution in [0.5, 0.6) is 0 Å². The van der Waals surface area contributed by atoms with Crippen molar-refractivity contribution in [3.63, 3.8) is 0 Å². The van der Waals surface area contributed by atoms with E-state index in [0.717, 1.165) is 11.8 Å². The fourth-order valence-corrected chi connectivity index (χ4v) is 1.51. The molecule has 0 aliphatic rings. The first kappa shape index (κ1) is 9.46. The fourth-order valence-electron chi connectivity index (χ4n) is 1.35. The number of hydrogen-bond acceptors (Lipinski definition) is 2. The van der Waals surface area contributed by atoms with Crippen molar-refractivity contribution in [3.05, 3.63) is 29.7 Å². The number of hydrogen-bond donors (Lipinski definition) is 0. The van der Waals surface area contributed by atoms with Gasteiger partial charge in [-0.05, 0) is 18.6 Å². The van der Waals surface area contributed by atoms with Gasteiger partial charge in [0.15, 0.2) is 5.58 Å². The molecular formula is C10H9ClFNO. The molecule has 1 aromatic heterocycles. The summed E-state index contributed by atoms with van der Waals surface area (Å²) in [5, 5.41) is 4.44. The van der Waals surface area contributed by atoms with Crippen molar-refractivity contribution < 1.29 is 8.91 Å². The SMILES string of the molecule is CCC(Cl)c1noc2cc(F)ccc12. The van der Waals surface area contributed by atoms with Crippen LogP contribution in [0.3, 0.4) is 0 Å². The van der Waals surface area contributed by atoms with Crippen molar-refractivity contribution in [1.82, 2.24) is 5.16 Å². The molecule has 14 heavy (non-hydrogen) atoms. The van der Waals surface area contributed by atoms with Gasteiger partial charge in [0.1, 0.15) is 11.5 Å². The highest BCUT2D eigenvalue weighted by molar-refractivity contribution is 6.21. The predicted octanol–water partition coefficient (Wildman–Crippen LogP) is 3.66. The molecule has 0 saturated heterocycles. The normalized spacial score (nSPS) is 13.4. The van der Waals surface area contributed by atoms with E-state index < -0.39 is 0 Å². The van der Waals surface area contributed by atoms with Gasteiger partial charge >= 0.3 is 0 Å². The minimum Gasteiger partial charge on any atom is -0.356 e. The second kappa shape index (κ2) is 3.58. The third-order valence-corrected chi connectivity index (χ3v) is 2.63. The van der Waals surface area contributed by atoms with Gasteiger partial charge in [0.25, 0.3) is 0 Å². The van der Waals surface area contributed by atoms with Gasteiger partial charge in [-0.2, -0.15) is 0 Å². The van der Waals surface area contributed by atoms with Crippen molar-refractivity contribution in [1.29, 1.82) is 0 Å². The van der Waals surface area contributed by atoms with Crippen LogP contribution in [0.15, 0.2) is 22.7 Å². The lowest BCUT2D eigenvalue weighted by molar-refractivity contribution is 0.443. The first-order valence-electron chi connectivity index (χ1n) is 4.41. The van der Waals surface area contributed by atoms with Crippen LogP contribution in [0.1, 0.15) is 24.4 Å². The summed E-state index contributed by atoms with van der Waals surface area (Å²) in [4.78, 5) is 0. The number of nitrogens with zero attached hydrogens (tertiary/aromatic N) is 1. The van der Waals surface area contributed by atoms with Gasteiger partial charge < -0.3 is 4.52 Å². The van der Waals surface area contributed by atoms with Crippen LogP contribution < -0.4 is 0 Å². The summed E-state index contributed by atoms with van der Waals surface area (Å²) in [7, 11) is 0. The first-order valence-corrected chi connectivity index (χ1v) is 4.85. The van der Waals surface area contributed by atoms with E-state index in [-0.39, 0.29) is 11.2 Å². The van der Waals surface area contributed by atoms with E-state index >= 15 is 0 Å². The molecule has 1 aromatic carbocycles. The second-order valence-corrected chi connectivity index (χ2v) is 3.61. The summed E-state index contributed by atoms with van der Waals surface area (Å²) >= 11 is 6.03. The minimum atomic E-state index is -0.331. The lowest BCUT2D eigenvalue weighted by Gasteiger charge is -2.00. The maximum absolute atomic E-state index is 12.8. The lowest BCUT2D eigenvalue weighted by Crippen LogP contribution is -1.88. The Labute approximate surface area is 85.6 Å². The third-order valence-electron chi connectivity index (χ3n) is 2.12.